The summed E-state index contributed by atoms with van der Waals surface area (Å²) >= 11 is 0. The quantitative estimate of drug-likeness (QED) is 0.135. The Kier molecular flexibility index (Phi) is 21.1. The maximum absolute atomic E-state index is 13.5. The predicted octanol–water partition coefficient (Wildman–Crippen LogP) is 6.20. The molecule has 0 aromatic heterocycles. The van der Waals surface area contributed by atoms with Crippen LogP contribution in [0.1, 0.15) is 108 Å². The summed E-state index contributed by atoms with van der Waals surface area (Å²) in [4.78, 5) is 27.0. The van der Waals surface area contributed by atoms with Crippen LogP contribution in [-0.4, -0.2) is 139 Å². The number of ether oxygens (including phenoxy) is 9. The van der Waals surface area contributed by atoms with E-state index in [0.29, 0.717) is 6.42 Å². The fraction of sp³-hybridized carbons (Fsp3) is 0.804. The first kappa shape index (κ1) is 56.1. The number of allylic oxidation sites excluding steroid dienone is 4. The summed E-state index contributed by atoms with van der Waals surface area (Å²) in [6, 6.07) is 0. The van der Waals surface area contributed by atoms with Crippen molar-refractivity contribution in [2.24, 2.45) is 47.3 Å². The summed E-state index contributed by atoms with van der Waals surface area (Å²) in [6.45, 7) is 20.9. The largest absolute Gasteiger partial charge is 0.458 e. The Labute approximate surface area is 394 Å². The van der Waals surface area contributed by atoms with Crippen molar-refractivity contribution in [2.45, 2.75) is 193 Å². The van der Waals surface area contributed by atoms with Crippen LogP contribution in [0, 0.1) is 47.3 Å². The number of cyclic esters (lactones) is 2. The minimum absolute atomic E-state index is 0.0526. The van der Waals surface area contributed by atoms with E-state index in [9.17, 15) is 30.0 Å². The van der Waals surface area contributed by atoms with E-state index in [1.54, 1.807) is 57.6 Å². The highest BCUT2D eigenvalue weighted by Crippen LogP contribution is 2.46. The number of esters is 2. The van der Waals surface area contributed by atoms with Crippen LogP contribution in [0.15, 0.2) is 48.6 Å². The van der Waals surface area contributed by atoms with Crippen LogP contribution in [0.25, 0.3) is 0 Å². The molecule has 0 unspecified atom stereocenters. The van der Waals surface area contributed by atoms with E-state index in [-0.39, 0.29) is 43.0 Å². The van der Waals surface area contributed by atoms with Gasteiger partial charge >= 0.3 is 11.9 Å². The molecule has 22 atom stereocenters. The molecule has 0 aromatic carbocycles. The Morgan fingerprint density at radius 2 is 1.09 bits per heavy atom. The summed E-state index contributed by atoms with van der Waals surface area (Å²) in [5.41, 5.74) is 0. The molecule has 15 heteroatoms. The van der Waals surface area contributed by atoms with Gasteiger partial charge in [-0.25, -0.2) is 9.59 Å². The van der Waals surface area contributed by atoms with Crippen LogP contribution in [0.2, 0.25) is 0 Å². The molecule has 0 spiro atoms. The summed E-state index contributed by atoms with van der Waals surface area (Å²) in [7, 11) is 4.79. The molecule has 66 heavy (non-hydrogen) atoms. The van der Waals surface area contributed by atoms with E-state index >= 15 is 0 Å². The van der Waals surface area contributed by atoms with Gasteiger partial charge in [-0.05, 0) is 33.6 Å². The SMILES string of the molecule is CC[C@@H]1[C@@H](C)O[C@@](OC)([C@@H](C)[C@H](O)[C@H](C)[C@H]2OC(=O)/C=C/C=C/[C@H](C)[C@@H]([C@@H](C)[C@@H](O)[C@H](C)[C@@]3(OC)C[C@@H](O[C@H]4C[C@H](O)[C@H](O)[C@H](C)O4)[C@H](CC)[C@@H](C)O3)OC(=O)/C=C/C=C/[C@@H]2C)C[C@H]1OC. The van der Waals surface area contributed by atoms with E-state index in [0.717, 1.165) is 12.8 Å². The van der Waals surface area contributed by atoms with Crippen molar-refractivity contribution < 1.29 is 72.6 Å². The zero-order valence-electron chi connectivity index (χ0n) is 42.0. The normalized spacial score (nSPS) is 43.2. The van der Waals surface area contributed by atoms with Gasteiger partial charge in [-0.15, -0.1) is 0 Å². The van der Waals surface area contributed by atoms with Gasteiger partial charge in [0.2, 0.25) is 0 Å². The van der Waals surface area contributed by atoms with E-state index < -0.39 is 114 Å². The van der Waals surface area contributed by atoms with E-state index in [4.69, 9.17) is 42.6 Å². The molecule has 3 saturated heterocycles. The van der Waals surface area contributed by atoms with Gasteiger partial charge in [-0.3, -0.25) is 0 Å². The first-order valence-electron chi connectivity index (χ1n) is 24.3. The molecule has 4 aliphatic rings. The molecule has 0 radical (unpaired) electrons. The fourth-order valence-electron chi connectivity index (χ4n) is 11.0. The fourth-order valence-corrected chi connectivity index (χ4v) is 11.0. The summed E-state index contributed by atoms with van der Waals surface area (Å²) in [5, 5.41) is 44.9. The Morgan fingerprint density at radius 3 is 1.48 bits per heavy atom. The Morgan fingerprint density at radius 1 is 0.667 bits per heavy atom. The van der Waals surface area contributed by atoms with Crippen molar-refractivity contribution in [1.82, 2.24) is 0 Å². The van der Waals surface area contributed by atoms with Gasteiger partial charge in [-0.1, -0.05) is 91.8 Å². The minimum atomic E-state index is -1.31. The third-order valence-corrected chi connectivity index (χ3v) is 15.4. The molecule has 0 bridgehead atoms. The van der Waals surface area contributed by atoms with Gasteiger partial charge < -0.3 is 63.1 Å². The first-order valence-corrected chi connectivity index (χ1v) is 24.3. The number of hydrogen-bond donors (Lipinski definition) is 4. The zero-order chi connectivity index (χ0) is 49.3. The maximum Gasteiger partial charge on any atom is 0.331 e. The Bertz CT molecular complexity index is 1640. The molecule has 378 valence electrons. The Hall–Kier alpha value is -2.54. The minimum Gasteiger partial charge on any atom is -0.458 e. The molecule has 4 heterocycles. The average molecular weight is 937 g/mol. The molecule has 4 aliphatic heterocycles. The second-order valence-electron chi connectivity index (χ2n) is 19.5. The topological polar surface area (TPSA) is 198 Å². The third-order valence-electron chi connectivity index (χ3n) is 15.4. The lowest BCUT2D eigenvalue weighted by molar-refractivity contribution is -0.352. The van der Waals surface area contributed by atoms with Gasteiger partial charge in [0.25, 0.3) is 0 Å². The van der Waals surface area contributed by atoms with E-state index in [1.807, 2.05) is 62.3 Å². The molecule has 15 nitrogen and oxygen atoms in total. The van der Waals surface area contributed by atoms with Crippen LogP contribution >= 0.6 is 0 Å². The summed E-state index contributed by atoms with van der Waals surface area (Å²) in [5.74, 6) is -6.79. The van der Waals surface area contributed by atoms with Gasteiger partial charge in [-0.2, -0.15) is 0 Å². The third kappa shape index (κ3) is 13.0. The lowest BCUT2D eigenvalue weighted by Gasteiger charge is -2.52. The van der Waals surface area contributed by atoms with Crippen LogP contribution in [0.5, 0.6) is 0 Å². The summed E-state index contributed by atoms with van der Waals surface area (Å²) in [6.07, 6.45) is 6.84. The number of methoxy groups -OCH3 is 3. The molecular weight excluding hydrogens is 853 g/mol. The van der Waals surface area contributed by atoms with Gasteiger partial charge in [0.1, 0.15) is 18.3 Å². The lowest BCUT2D eigenvalue weighted by atomic mass is 9.76. The number of aliphatic hydroxyl groups is 4. The first-order chi connectivity index (χ1) is 31.1. The van der Waals surface area contributed by atoms with Crippen molar-refractivity contribution in [3.05, 3.63) is 48.6 Å². The number of carbonyl (C=O) groups is 2. The van der Waals surface area contributed by atoms with Gasteiger partial charge in [0.05, 0.1) is 48.8 Å². The van der Waals surface area contributed by atoms with Crippen LogP contribution in [0.3, 0.4) is 0 Å². The smallest absolute Gasteiger partial charge is 0.331 e. The number of hydrogen-bond acceptors (Lipinski definition) is 15. The second kappa shape index (κ2) is 24.8. The van der Waals surface area contributed by atoms with Crippen LogP contribution < -0.4 is 0 Å². The van der Waals surface area contributed by atoms with Crippen molar-refractivity contribution in [1.29, 1.82) is 0 Å². The lowest BCUT2D eigenvalue weighted by Crippen LogP contribution is -2.60. The second-order valence-corrected chi connectivity index (χ2v) is 19.5. The van der Waals surface area contributed by atoms with Crippen molar-refractivity contribution in [2.75, 3.05) is 21.3 Å². The molecule has 0 aromatic rings. The molecule has 0 aliphatic carbocycles. The van der Waals surface area contributed by atoms with Gasteiger partial charge in [0.15, 0.2) is 17.9 Å². The van der Waals surface area contributed by atoms with Crippen LogP contribution in [0.4, 0.5) is 0 Å². The van der Waals surface area contributed by atoms with Crippen molar-refractivity contribution in [3.8, 4) is 0 Å². The molecule has 3 fully saturated rings. The molecule has 4 N–H and O–H groups in total. The predicted molar refractivity (Wildman–Crippen MR) is 247 cm³/mol. The standard InChI is InChI=1S/C51H84O15/c1-15-37-34(9)65-50(59-13,26-40(37)58-12)32(7)45(55)30(5)48-28(3)21-17-19-24-43(54)64-49(29(4)22-18-20-23-42(53)63-48)31(6)46(56)33(8)51(60-14)27-41(38(16-2)35(10)66-51)62-44-25-39(52)47(57)36(11)61-44/h17-24,28-41,44-49,52,55-57H,15-16,25-27H2,1-14H3/b21-17+,22-18+,23-20+,24-19+/t28-,29-,30-,31-,32-,33-,34+,35+,36-,37+,38+,39-,40+,41+,44-,45+,46+,47+,48-,49-,50+,51+/m0/s1. The molecule has 4 rings (SSSR count). The van der Waals surface area contributed by atoms with E-state index in [1.165, 1.54) is 19.3 Å². The van der Waals surface area contributed by atoms with Gasteiger partial charge in [0, 0.05) is 100 Å². The number of rotatable bonds is 15. The average Bonchev–Trinajstić information content (AvgIpc) is 3.29. The molecule has 0 amide bonds. The Balaban J connectivity index is 1.53. The maximum atomic E-state index is 13.5. The highest BCUT2D eigenvalue weighted by atomic mass is 16.7. The highest BCUT2D eigenvalue weighted by Gasteiger charge is 2.55. The van der Waals surface area contributed by atoms with Crippen LogP contribution in [-0.2, 0) is 52.2 Å². The number of aliphatic hydroxyl groups excluding tert-OH is 4. The highest BCUT2D eigenvalue weighted by molar-refractivity contribution is 5.83. The number of carbonyl (C=O) groups excluding carboxylic acids is 2. The summed E-state index contributed by atoms with van der Waals surface area (Å²) < 4.78 is 55.9. The molecular formula is C51H84O15. The van der Waals surface area contributed by atoms with E-state index in [2.05, 4.69) is 6.92 Å². The van der Waals surface area contributed by atoms with Crippen molar-refractivity contribution in [3.63, 3.8) is 0 Å². The molecule has 0 saturated carbocycles. The monoisotopic (exact) mass is 937 g/mol. The van der Waals surface area contributed by atoms with Crippen molar-refractivity contribution >= 4 is 11.9 Å². The zero-order valence-corrected chi connectivity index (χ0v) is 42.0.